The maximum absolute atomic E-state index is 10.5. The number of methoxy groups -OCH3 is 2. The van der Waals surface area contributed by atoms with E-state index in [2.05, 4.69) is 14.2 Å². The number of ether oxygens (including phenoxy) is 3. The summed E-state index contributed by atoms with van der Waals surface area (Å²) in [6, 6.07) is 0. The van der Waals surface area contributed by atoms with E-state index >= 15 is 0 Å². The number of carboxylic acid groups (broad SMARTS) is 1. The summed E-state index contributed by atoms with van der Waals surface area (Å²) in [5, 5.41) is 8.08. The zero-order valence-electron chi connectivity index (χ0n) is 25.2. The third-order valence-electron chi connectivity index (χ3n) is 3.63. The van der Waals surface area contributed by atoms with E-state index in [0.717, 1.165) is 0 Å². The fourth-order valence-corrected chi connectivity index (χ4v) is 1.31. The molecule has 0 amide bonds. The summed E-state index contributed by atoms with van der Waals surface area (Å²) in [5.41, 5.74) is 0. The number of esters is 3. The average molecular weight is 571 g/mol. The van der Waals surface area contributed by atoms with Gasteiger partial charge in [-0.1, -0.05) is 91.5 Å². The first-order chi connectivity index (χ1) is 16.3. The van der Waals surface area contributed by atoms with Gasteiger partial charge in [-0.15, -0.1) is 0 Å². The Balaban J connectivity index is -0.0000000505. The van der Waals surface area contributed by atoms with Crippen LogP contribution in [0.25, 0.3) is 0 Å². The monoisotopic (exact) mass is 570 g/mol. The lowest BCUT2D eigenvalue weighted by molar-refractivity contribution is -0.147. The van der Waals surface area contributed by atoms with Crippen LogP contribution in [0.5, 0.6) is 0 Å². The minimum atomic E-state index is -0.713. The molecule has 0 bridgehead atoms. The first kappa shape index (κ1) is 56.7. The number of hydrogen-bond acceptors (Lipinski definition) is 8. The van der Waals surface area contributed by atoms with Gasteiger partial charge in [0, 0.05) is 18.8 Å². The molecule has 0 saturated carbocycles. The number of rotatable bonds is 8. The van der Waals surface area contributed by atoms with Crippen molar-refractivity contribution in [1.82, 2.24) is 0 Å². The molecule has 0 atom stereocenters. The molecule has 0 saturated heterocycles. The highest BCUT2D eigenvalue weighted by Crippen LogP contribution is 1.99. The van der Waals surface area contributed by atoms with E-state index < -0.39 is 5.97 Å². The molecule has 1 N–H and O–H groups in total. The normalized spacial score (nSPS) is 8.69. The molecule has 0 spiro atoms. The Morgan fingerprint density at radius 2 is 0.949 bits per heavy atom. The van der Waals surface area contributed by atoms with Crippen molar-refractivity contribution >= 4 is 29.7 Å². The third-order valence-corrected chi connectivity index (χ3v) is 3.63. The summed E-state index contributed by atoms with van der Waals surface area (Å²) in [7, 11) is 2.80. The van der Waals surface area contributed by atoms with Crippen molar-refractivity contribution < 1.29 is 43.3 Å². The van der Waals surface area contributed by atoms with Crippen LogP contribution >= 0.6 is 0 Å². The SMILES string of the molecule is C.C.C.CC(=O)C(C)C.CC(C)CC(=O)O.CCOC(=O)C(C)C.COC(=O)C(C)C.COC(=O)CC(C)C. The van der Waals surface area contributed by atoms with Gasteiger partial charge in [0.05, 0.1) is 32.7 Å². The second-order valence-electron chi connectivity index (χ2n) is 9.52. The molecule has 0 rings (SSSR count). The van der Waals surface area contributed by atoms with E-state index in [1.54, 1.807) is 27.7 Å². The van der Waals surface area contributed by atoms with Gasteiger partial charge >= 0.3 is 23.9 Å². The van der Waals surface area contributed by atoms with Crippen LogP contribution in [0.15, 0.2) is 0 Å². The van der Waals surface area contributed by atoms with Crippen LogP contribution in [-0.4, -0.2) is 55.6 Å². The molecule has 0 unspecified atom stereocenters. The lowest BCUT2D eigenvalue weighted by Gasteiger charge is -2.01. The van der Waals surface area contributed by atoms with Gasteiger partial charge in [-0.05, 0) is 25.7 Å². The van der Waals surface area contributed by atoms with Gasteiger partial charge in [-0.3, -0.25) is 24.0 Å². The van der Waals surface area contributed by atoms with Crippen molar-refractivity contribution in [3.63, 3.8) is 0 Å². The molecule has 0 aliphatic carbocycles. The van der Waals surface area contributed by atoms with Crippen LogP contribution in [0.4, 0.5) is 0 Å². The first-order valence-corrected chi connectivity index (χ1v) is 12.3. The van der Waals surface area contributed by atoms with Gasteiger partial charge in [0.1, 0.15) is 5.78 Å². The molecule has 0 aromatic rings. The average Bonchev–Trinajstić information content (AvgIpc) is 2.73. The third kappa shape index (κ3) is 66.4. The number of aliphatic carboxylic acids is 1. The fourth-order valence-electron chi connectivity index (χ4n) is 1.31. The maximum Gasteiger partial charge on any atom is 0.308 e. The Morgan fingerprint density at radius 3 is 1.00 bits per heavy atom. The second-order valence-corrected chi connectivity index (χ2v) is 9.52. The van der Waals surface area contributed by atoms with Crippen LogP contribution < -0.4 is 0 Å². The fraction of sp³-hybridized carbons (Fsp3) is 0.833. The van der Waals surface area contributed by atoms with Gasteiger partial charge in [-0.2, -0.15) is 0 Å². The van der Waals surface area contributed by atoms with Crippen LogP contribution in [0.1, 0.15) is 118 Å². The first-order valence-electron chi connectivity index (χ1n) is 12.3. The highest BCUT2D eigenvalue weighted by Gasteiger charge is 2.05. The van der Waals surface area contributed by atoms with Crippen molar-refractivity contribution in [2.75, 3.05) is 20.8 Å². The molecular weight excluding hydrogens is 504 g/mol. The highest BCUT2D eigenvalue weighted by molar-refractivity contribution is 5.77. The molecule has 9 nitrogen and oxygen atoms in total. The summed E-state index contributed by atoms with van der Waals surface area (Å²) in [4.78, 5) is 51.2. The number of Topliss-reactive ketones (excluding diaryl/α,β-unsaturated/α-hetero) is 1. The van der Waals surface area contributed by atoms with Gasteiger partial charge in [0.2, 0.25) is 0 Å². The van der Waals surface area contributed by atoms with Gasteiger partial charge in [0.15, 0.2) is 0 Å². The summed E-state index contributed by atoms with van der Waals surface area (Å²) in [6.45, 7) is 22.6. The molecule has 0 aliphatic rings. The van der Waals surface area contributed by atoms with Crippen LogP contribution in [-0.2, 0) is 38.2 Å². The van der Waals surface area contributed by atoms with E-state index in [4.69, 9.17) is 5.11 Å². The molecule has 0 fully saturated rings. The van der Waals surface area contributed by atoms with Crippen molar-refractivity contribution in [1.29, 1.82) is 0 Å². The number of hydrogen-bond donors (Lipinski definition) is 1. The smallest absolute Gasteiger partial charge is 0.308 e. The zero-order chi connectivity index (χ0) is 30.0. The van der Waals surface area contributed by atoms with Crippen molar-refractivity contribution in [2.45, 2.75) is 118 Å². The Labute approximate surface area is 241 Å². The highest BCUT2D eigenvalue weighted by atomic mass is 16.5. The predicted molar refractivity (Wildman–Crippen MR) is 163 cm³/mol. The van der Waals surface area contributed by atoms with E-state index in [0.29, 0.717) is 18.9 Å². The molecule has 39 heavy (non-hydrogen) atoms. The molecule has 0 aromatic heterocycles. The van der Waals surface area contributed by atoms with E-state index in [1.165, 1.54) is 14.2 Å². The molecule has 240 valence electrons. The van der Waals surface area contributed by atoms with Crippen molar-refractivity contribution in [3.05, 3.63) is 0 Å². The van der Waals surface area contributed by atoms with Crippen LogP contribution in [0.2, 0.25) is 0 Å². The number of ketones is 1. The number of carbonyl (C=O) groups is 5. The molecule has 0 radical (unpaired) electrons. The number of carbonyl (C=O) groups excluding carboxylic acids is 4. The quantitative estimate of drug-likeness (QED) is 0.233. The Bertz CT molecular complexity index is 579. The van der Waals surface area contributed by atoms with Crippen molar-refractivity contribution in [3.8, 4) is 0 Å². The lowest BCUT2D eigenvalue weighted by atomic mass is 10.1. The standard InChI is InChI=1S/2C6H12O2.2C5H10O2.C5H10O.3CH4/c1-5(2)4-6(7)8-3;1-4-8-6(7)5(2)3;1-4(2)5(6)7-3;1-4(2)3-5(6)7;1-4(2)5(3)6;;;/h2*5H,4H2,1-3H3;4H,1-3H3;4H,3H2,1-2H3,(H,6,7);4H,1-3H3;3*1H4. The van der Waals surface area contributed by atoms with E-state index in [9.17, 15) is 24.0 Å². The minimum Gasteiger partial charge on any atom is -0.481 e. The molecule has 0 aliphatic heterocycles. The van der Waals surface area contributed by atoms with Gasteiger partial charge < -0.3 is 19.3 Å². The summed E-state index contributed by atoms with van der Waals surface area (Å²) < 4.78 is 13.5. The van der Waals surface area contributed by atoms with Gasteiger partial charge in [-0.25, -0.2) is 0 Å². The summed E-state index contributed by atoms with van der Waals surface area (Å²) in [6.07, 6.45) is 0.802. The number of carboxylic acids is 1. The Kier molecular flexibility index (Phi) is 54.8. The molecule has 9 heteroatoms. The summed E-state index contributed by atoms with van der Waals surface area (Å²) >= 11 is 0. The van der Waals surface area contributed by atoms with Crippen molar-refractivity contribution in [2.24, 2.45) is 29.6 Å². The van der Waals surface area contributed by atoms with Crippen LogP contribution in [0.3, 0.4) is 0 Å². The predicted octanol–water partition coefficient (Wildman–Crippen LogP) is 7.48. The Morgan fingerprint density at radius 1 is 0.615 bits per heavy atom. The Hall–Kier alpha value is -2.45. The molecular formula is C30H66O9. The summed E-state index contributed by atoms with van der Waals surface area (Å²) in [5.74, 6) is 0.0578. The molecule has 0 heterocycles. The van der Waals surface area contributed by atoms with Crippen LogP contribution in [0, 0.1) is 29.6 Å². The van der Waals surface area contributed by atoms with E-state index in [1.807, 2.05) is 55.4 Å². The second kappa shape index (κ2) is 37.7. The zero-order valence-corrected chi connectivity index (χ0v) is 25.2. The largest absolute Gasteiger partial charge is 0.481 e. The van der Waals surface area contributed by atoms with Gasteiger partial charge in [0.25, 0.3) is 0 Å². The topological polar surface area (TPSA) is 133 Å². The molecule has 0 aromatic carbocycles. The minimum absolute atomic E-state index is 0. The van der Waals surface area contributed by atoms with E-state index in [-0.39, 0.29) is 76.1 Å². The lowest BCUT2D eigenvalue weighted by Crippen LogP contribution is -2.10. The maximum atomic E-state index is 10.5.